The number of imidazole rings is 1. The van der Waals surface area contributed by atoms with Crippen LogP contribution >= 0.6 is 0 Å². The number of benzene rings is 3. The van der Waals surface area contributed by atoms with Crippen molar-refractivity contribution < 1.29 is 37.7 Å². The van der Waals surface area contributed by atoms with Gasteiger partial charge in [0.2, 0.25) is 5.88 Å². The molecule has 1 N–H and O–H groups in total. The molecule has 5 rings (SSSR count). The highest BCUT2D eigenvalue weighted by molar-refractivity contribution is 5.94. The number of nitriles is 1. The van der Waals surface area contributed by atoms with Crippen molar-refractivity contribution in [2.24, 2.45) is 0 Å². The van der Waals surface area contributed by atoms with Crippen LogP contribution in [-0.4, -0.2) is 50.4 Å². The van der Waals surface area contributed by atoms with Crippen molar-refractivity contribution in [2.75, 3.05) is 7.11 Å². The molecule has 5 aromatic rings. The Morgan fingerprint density at radius 2 is 1.68 bits per heavy atom. The summed E-state index contributed by atoms with van der Waals surface area (Å²) in [4.78, 5) is 33.7. The third-order valence-electron chi connectivity index (χ3n) is 7.35. The van der Waals surface area contributed by atoms with Gasteiger partial charge in [0.25, 0.3) is 0 Å². The average molecular weight is 685 g/mol. The molecule has 0 aliphatic carbocycles. The number of halogens is 2. The van der Waals surface area contributed by atoms with Gasteiger partial charge in [0.1, 0.15) is 29.7 Å². The first-order valence-electron chi connectivity index (χ1n) is 15.9. The highest BCUT2D eigenvalue weighted by Crippen LogP contribution is 2.27. The van der Waals surface area contributed by atoms with E-state index in [0.29, 0.717) is 28.1 Å². The molecule has 0 spiro atoms. The largest absolute Gasteiger partial charge is 0.479 e. The van der Waals surface area contributed by atoms with Gasteiger partial charge in [-0.05, 0) is 68.8 Å². The molecular weight excluding hydrogens is 646 g/mol. The number of methoxy groups -OCH3 is 1. The molecule has 3 aromatic carbocycles. The number of carboxylic acids is 1. The molecule has 1 atom stereocenters. The van der Waals surface area contributed by atoms with Crippen molar-refractivity contribution in [1.29, 1.82) is 5.26 Å². The van der Waals surface area contributed by atoms with E-state index in [9.17, 15) is 19.1 Å². The van der Waals surface area contributed by atoms with Gasteiger partial charge in [0.05, 0.1) is 40.5 Å². The van der Waals surface area contributed by atoms with Gasteiger partial charge in [-0.25, -0.2) is 28.3 Å². The van der Waals surface area contributed by atoms with Gasteiger partial charge in [-0.3, -0.25) is 0 Å². The quantitative estimate of drug-likeness (QED) is 0.140. The van der Waals surface area contributed by atoms with E-state index < -0.39 is 35.3 Å². The van der Waals surface area contributed by atoms with Crippen molar-refractivity contribution in [3.05, 3.63) is 113 Å². The first-order chi connectivity index (χ1) is 23.8. The zero-order chi connectivity index (χ0) is 36.6. The molecule has 0 radical (unpaired) electrons. The van der Waals surface area contributed by atoms with E-state index >= 15 is 4.39 Å². The molecule has 12 heteroatoms. The van der Waals surface area contributed by atoms with Gasteiger partial charge >= 0.3 is 11.9 Å². The van der Waals surface area contributed by atoms with Crippen LogP contribution in [0.2, 0.25) is 0 Å². The molecule has 0 amide bonds. The number of carbonyl (C=O) groups is 2. The standard InChI is InChI=1S/C36H32F2N4O6.C2H6/c1-36(2,3)48-35(45)24-12-13-29-30(16-24)42(19-31(46-4)34(43)44)32(40-29)17-22-10-11-23(15-27(22)38)28-6-5-7-33(41-28)47-20-25-9-8-21(18-39)14-26(25)37;1-2/h5-16,31H,17,19-20H2,1-4H3,(H,43,44);1-2H3. The summed E-state index contributed by atoms with van der Waals surface area (Å²) in [6.07, 6.45) is -1.22. The van der Waals surface area contributed by atoms with Crippen LogP contribution < -0.4 is 4.74 Å². The number of nitrogens with zero attached hydrogens (tertiary/aromatic N) is 4. The van der Waals surface area contributed by atoms with Gasteiger partial charge in [-0.2, -0.15) is 5.26 Å². The van der Waals surface area contributed by atoms with Crippen LogP contribution in [0.3, 0.4) is 0 Å². The molecule has 1 unspecified atom stereocenters. The fourth-order valence-electron chi connectivity index (χ4n) is 4.96. The molecule has 50 heavy (non-hydrogen) atoms. The molecule has 10 nitrogen and oxygen atoms in total. The summed E-state index contributed by atoms with van der Waals surface area (Å²) in [5.74, 6) is -2.29. The molecule has 0 saturated heterocycles. The van der Waals surface area contributed by atoms with Gasteiger partial charge < -0.3 is 23.9 Å². The third kappa shape index (κ3) is 9.06. The Morgan fingerprint density at radius 1 is 0.960 bits per heavy atom. The fourth-order valence-corrected chi connectivity index (χ4v) is 4.96. The second-order valence-corrected chi connectivity index (χ2v) is 12.0. The minimum Gasteiger partial charge on any atom is -0.479 e. The van der Waals surface area contributed by atoms with Crippen LogP contribution in [0.1, 0.15) is 67.5 Å². The van der Waals surface area contributed by atoms with Crippen LogP contribution in [0.15, 0.2) is 72.8 Å². The maximum Gasteiger partial charge on any atom is 0.338 e. The highest BCUT2D eigenvalue weighted by atomic mass is 19.1. The summed E-state index contributed by atoms with van der Waals surface area (Å²) < 4.78 is 47.9. The maximum atomic E-state index is 15.6. The monoisotopic (exact) mass is 684 g/mol. The lowest BCUT2D eigenvalue weighted by atomic mass is 10.1. The zero-order valence-corrected chi connectivity index (χ0v) is 28.7. The number of fused-ring (bicyclic) bond motifs is 1. The molecule has 2 aromatic heterocycles. The smallest absolute Gasteiger partial charge is 0.338 e. The van der Waals surface area contributed by atoms with Crippen molar-refractivity contribution in [1.82, 2.24) is 14.5 Å². The lowest BCUT2D eigenvalue weighted by molar-refractivity contribution is -0.149. The summed E-state index contributed by atoms with van der Waals surface area (Å²) in [5, 5.41) is 18.6. The number of esters is 1. The minimum absolute atomic E-state index is 0.00531. The number of hydrogen-bond acceptors (Lipinski definition) is 8. The van der Waals surface area contributed by atoms with E-state index in [-0.39, 0.29) is 47.7 Å². The van der Waals surface area contributed by atoms with Crippen LogP contribution in [0.25, 0.3) is 22.3 Å². The van der Waals surface area contributed by atoms with E-state index in [4.69, 9.17) is 19.5 Å². The van der Waals surface area contributed by atoms with Crippen molar-refractivity contribution in [2.45, 2.75) is 65.9 Å². The summed E-state index contributed by atoms with van der Waals surface area (Å²) >= 11 is 0. The van der Waals surface area contributed by atoms with E-state index in [1.165, 1.54) is 25.3 Å². The van der Waals surface area contributed by atoms with Gasteiger partial charge in [0.15, 0.2) is 6.10 Å². The number of pyridine rings is 1. The van der Waals surface area contributed by atoms with Crippen molar-refractivity contribution in [3.63, 3.8) is 0 Å². The van der Waals surface area contributed by atoms with E-state index in [1.807, 2.05) is 19.9 Å². The Labute approximate surface area is 288 Å². The second kappa shape index (κ2) is 16.2. The van der Waals surface area contributed by atoms with Crippen molar-refractivity contribution in [3.8, 4) is 23.2 Å². The zero-order valence-electron chi connectivity index (χ0n) is 28.7. The minimum atomic E-state index is -1.23. The number of carbonyl (C=O) groups excluding carboxylic acids is 1. The Bertz CT molecular complexity index is 2050. The molecule has 0 bridgehead atoms. The summed E-state index contributed by atoms with van der Waals surface area (Å²) in [5.41, 5.74) is 2.11. The lowest BCUT2D eigenvalue weighted by Gasteiger charge is -2.19. The summed E-state index contributed by atoms with van der Waals surface area (Å²) in [6.45, 7) is 9.00. The van der Waals surface area contributed by atoms with Gasteiger partial charge in [-0.15, -0.1) is 0 Å². The Balaban J connectivity index is 0.00000276. The first kappa shape index (κ1) is 37.2. The molecule has 0 aliphatic heterocycles. The number of carboxylic acid groups (broad SMARTS) is 1. The SMILES string of the molecule is CC.COC(Cn1c(Cc2ccc(-c3cccc(OCc4ccc(C#N)cc4F)n3)cc2F)nc2ccc(C(=O)OC(C)(C)C)cc21)C(=O)O. The van der Waals surface area contributed by atoms with Gasteiger partial charge in [0, 0.05) is 30.7 Å². The number of aromatic nitrogens is 3. The average Bonchev–Trinajstić information content (AvgIpc) is 3.43. The predicted octanol–water partition coefficient (Wildman–Crippen LogP) is 7.50. The number of rotatable bonds is 11. The molecule has 0 saturated carbocycles. The molecule has 2 heterocycles. The topological polar surface area (TPSA) is 137 Å². The van der Waals surface area contributed by atoms with E-state index in [1.54, 1.807) is 73.9 Å². The van der Waals surface area contributed by atoms with Gasteiger partial charge in [-0.1, -0.05) is 38.1 Å². The normalized spacial score (nSPS) is 11.7. The summed E-state index contributed by atoms with van der Waals surface area (Å²) in [6, 6.07) is 20.3. The maximum absolute atomic E-state index is 15.6. The Kier molecular flexibility index (Phi) is 12.0. The number of aliphatic carboxylic acids is 1. The van der Waals surface area contributed by atoms with Crippen LogP contribution in [0, 0.1) is 23.0 Å². The van der Waals surface area contributed by atoms with E-state index in [2.05, 4.69) is 9.97 Å². The van der Waals surface area contributed by atoms with Crippen molar-refractivity contribution >= 4 is 23.0 Å². The van der Waals surface area contributed by atoms with Crippen LogP contribution in [0.4, 0.5) is 8.78 Å². The first-order valence-corrected chi connectivity index (χ1v) is 15.9. The fraction of sp³-hybridized carbons (Fsp3) is 0.289. The number of ether oxygens (including phenoxy) is 3. The highest BCUT2D eigenvalue weighted by Gasteiger charge is 2.24. The van der Waals surface area contributed by atoms with Crippen LogP contribution in [0.5, 0.6) is 5.88 Å². The number of hydrogen-bond donors (Lipinski definition) is 1. The molecule has 0 aliphatic rings. The predicted molar refractivity (Wildman–Crippen MR) is 183 cm³/mol. The summed E-state index contributed by atoms with van der Waals surface area (Å²) in [7, 11) is 1.28. The van der Waals surface area contributed by atoms with E-state index in [0.717, 1.165) is 6.07 Å². The van der Waals surface area contributed by atoms with Crippen LogP contribution in [-0.2, 0) is 33.8 Å². The Hall–Kier alpha value is -5.67. The lowest BCUT2D eigenvalue weighted by Crippen LogP contribution is -2.28. The molecule has 260 valence electrons. The Morgan fingerprint density at radius 3 is 2.32 bits per heavy atom. The second-order valence-electron chi connectivity index (χ2n) is 12.0. The molecular formula is C38H38F2N4O6. The third-order valence-corrected chi connectivity index (χ3v) is 7.35. The molecule has 0 fully saturated rings.